The van der Waals surface area contributed by atoms with Crippen molar-refractivity contribution in [2.75, 3.05) is 14.2 Å². The van der Waals surface area contributed by atoms with E-state index in [9.17, 15) is 22.8 Å². The summed E-state index contributed by atoms with van der Waals surface area (Å²) in [5, 5.41) is 5.46. The zero-order valence-corrected chi connectivity index (χ0v) is 19.6. The number of amides is 2. The summed E-state index contributed by atoms with van der Waals surface area (Å²) in [7, 11) is 2.78. The van der Waals surface area contributed by atoms with Gasteiger partial charge in [0.2, 0.25) is 5.89 Å². The lowest BCUT2D eigenvalue weighted by Gasteiger charge is -2.34. The van der Waals surface area contributed by atoms with Gasteiger partial charge in [0.15, 0.2) is 11.5 Å². The van der Waals surface area contributed by atoms with E-state index in [2.05, 4.69) is 20.6 Å². The van der Waals surface area contributed by atoms with E-state index in [1.165, 1.54) is 26.3 Å². The van der Waals surface area contributed by atoms with Gasteiger partial charge in [0.05, 0.1) is 13.2 Å². The number of methoxy groups -OCH3 is 1. The van der Waals surface area contributed by atoms with Gasteiger partial charge in [-0.05, 0) is 31.2 Å². The lowest BCUT2D eigenvalue weighted by atomic mass is 9.89. The van der Waals surface area contributed by atoms with E-state index >= 15 is 0 Å². The molecule has 0 aliphatic heterocycles. The summed E-state index contributed by atoms with van der Waals surface area (Å²) < 4.78 is 55.8. The largest absolute Gasteiger partial charge is 0.494 e. The summed E-state index contributed by atoms with van der Waals surface area (Å²) in [4.78, 5) is 32.3. The van der Waals surface area contributed by atoms with Gasteiger partial charge in [0, 0.05) is 36.9 Å². The van der Waals surface area contributed by atoms with Crippen molar-refractivity contribution in [1.82, 2.24) is 20.6 Å². The maximum absolute atomic E-state index is 13.2. The molecule has 13 heteroatoms. The molecule has 2 heterocycles. The number of oxazole rings is 1. The van der Waals surface area contributed by atoms with Gasteiger partial charge in [-0.1, -0.05) is 0 Å². The molecule has 2 aromatic heterocycles. The number of fused-ring (bicyclic) bond motifs is 1. The minimum absolute atomic E-state index is 0.00361. The van der Waals surface area contributed by atoms with E-state index in [1.54, 1.807) is 13.0 Å². The Hall–Kier alpha value is -3.87. The van der Waals surface area contributed by atoms with Gasteiger partial charge >= 0.3 is 12.3 Å². The first kappa shape index (κ1) is 25.2. The Bertz CT molecular complexity index is 1300. The topological polar surface area (TPSA) is 142 Å². The highest BCUT2D eigenvalue weighted by atomic mass is 19.4. The molecule has 4 rings (SSSR count). The molecule has 0 spiro atoms. The van der Waals surface area contributed by atoms with E-state index in [0.717, 1.165) is 6.07 Å². The quantitative estimate of drug-likeness (QED) is 0.460. The minimum atomic E-state index is -4.64. The standard InChI is InChI=1S/C23H24F3N5O5/c1-10(27)19-18(20(32)29-11-8-12(9-11)35-22(33)28-2)31-21(36-19)14-4-6-15(34-3)17-13(14)5-7-16(30-17)23(24,25)26/h4-7,10-12H,8-9,27H2,1-3H3,(H,28,33)(H,29,32)/t10-,11?,12?/m0/s1. The molecular formula is C23H24F3N5O5. The number of benzene rings is 1. The minimum Gasteiger partial charge on any atom is -0.494 e. The Kier molecular flexibility index (Phi) is 6.76. The van der Waals surface area contributed by atoms with Gasteiger partial charge < -0.3 is 30.3 Å². The monoisotopic (exact) mass is 507 g/mol. The highest BCUT2D eigenvalue weighted by Gasteiger charge is 2.36. The van der Waals surface area contributed by atoms with Crippen LogP contribution in [-0.2, 0) is 10.9 Å². The van der Waals surface area contributed by atoms with E-state index in [1.807, 2.05) is 0 Å². The summed E-state index contributed by atoms with van der Waals surface area (Å²) in [6.45, 7) is 1.61. The fourth-order valence-electron chi connectivity index (χ4n) is 3.86. The Morgan fingerprint density at radius 2 is 1.92 bits per heavy atom. The van der Waals surface area contributed by atoms with Crippen molar-refractivity contribution in [1.29, 1.82) is 0 Å². The van der Waals surface area contributed by atoms with Crippen molar-refractivity contribution in [3.05, 3.63) is 41.4 Å². The van der Waals surface area contributed by atoms with Crippen molar-refractivity contribution in [2.45, 2.75) is 44.1 Å². The molecule has 4 N–H and O–H groups in total. The van der Waals surface area contributed by atoms with Crippen LogP contribution in [0.25, 0.3) is 22.4 Å². The first-order valence-corrected chi connectivity index (χ1v) is 11.0. The van der Waals surface area contributed by atoms with Gasteiger partial charge in [-0.2, -0.15) is 13.2 Å². The average Bonchev–Trinajstić information content (AvgIpc) is 3.26. The second kappa shape index (κ2) is 9.64. The Labute approximate surface area is 203 Å². The van der Waals surface area contributed by atoms with Crippen LogP contribution < -0.4 is 21.1 Å². The molecule has 3 aromatic rings. The number of aromatic nitrogens is 2. The van der Waals surface area contributed by atoms with E-state index < -0.39 is 29.9 Å². The van der Waals surface area contributed by atoms with Crippen LogP contribution in [0.4, 0.5) is 18.0 Å². The molecule has 10 nitrogen and oxygen atoms in total. The number of hydrogen-bond donors (Lipinski definition) is 3. The van der Waals surface area contributed by atoms with Crippen molar-refractivity contribution >= 4 is 22.9 Å². The van der Waals surface area contributed by atoms with Gasteiger partial charge in [-0.15, -0.1) is 0 Å². The van der Waals surface area contributed by atoms with Crippen LogP contribution in [0.1, 0.15) is 47.7 Å². The SMILES string of the molecule is CNC(=O)OC1CC(NC(=O)c2nc(-c3ccc(OC)c4nc(C(F)(F)F)ccc34)oc2[C@H](C)N)C1. The highest BCUT2D eigenvalue weighted by molar-refractivity contribution is 5.98. The molecule has 1 aromatic carbocycles. The summed E-state index contributed by atoms with van der Waals surface area (Å²) >= 11 is 0. The van der Waals surface area contributed by atoms with Crippen molar-refractivity contribution in [3.8, 4) is 17.2 Å². The van der Waals surface area contributed by atoms with Gasteiger partial charge in [0.1, 0.15) is 23.1 Å². The normalized spacial score (nSPS) is 18.3. The lowest BCUT2D eigenvalue weighted by molar-refractivity contribution is -0.140. The van der Waals surface area contributed by atoms with Crippen molar-refractivity contribution in [3.63, 3.8) is 0 Å². The molecule has 0 unspecified atom stereocenters. The fraction of sp³-hybridized carbons (Fsp3) is 0.391. The fourth-order valence-corrected chi connectivity index (χ4v) is 3.86. The number of carbonyl (C=O) groups excluding carboxylic acids is 2. The third-order valence-electron chi connectivity index (χ3n) is 5.75. The van der Waals surface area contributed by atoms with E-state index in [4.69, 9.17) is 19.6 Å². The molecule has 0 saturated heterocycles. The number of nitrogens with zero attached hydrogens (tertiary/aromatic N) is 2. The number of nitrogens with one attached hydrogen (secondary N) is 2. The average molecular weight is 507 g/mol. The number of hydrogen-bond acceptors (Lipinski definition) is 8. The van der Waals surface area contributed by atoms with Gasteiger partial charge in [-0.25, -0.2) is 14.8 Å². The molecule has 0 bridgehead atoms. The molecule has 1 atom stereocenters. The maximum atomic E-state index is 13.2. The molecule has 36 heavy (non-hydrogen) atoms. The smallest absolute Gasteiger partial charge is 0.433 e. The number of carbonyl (C=O) groups is 2. The number of pyridine rings is 1. The maximum Gasteiger partial charge on any atom is 0.433 e. The Balaban J connectivity index is 1.64. The number of ether oxygens (including phenoxy) is 2. The second-order valence-corrected chi connectivity index (χ2v) is 8.35. The van der Waals surface area contributed by atoms with Crippen LogP contribution in [0.2, 0.25) is 0 Å². The molecule has 2 amide bonds. The summed E-state index contributed by atoms with van der Waals surface area (Å²) in [6, 6.07) is 4.17. The van der Waals surface area contributed by atoms with Crippen molar-refractivity contribution < 1.29 is 36.7 Å². The predicted molar refractivity (Wildman–Crippen MR) is 121 cm³/mol. The zero-order chi connectivity index (χ0) is 26.2. The van der Waals surface area contributed by atoms with Crippen molar-refractivity contribution in [2.24, 2.45) is 5.73 Å². The van der Waals surface area contributed by atoms with Crippen LogP contribution >= 0.6 is 0 Å². The molecule has 1 fully saturated rings. The lowest BCUT2D eigenvalue weighted by Crippen LogP contribution is -2.49. The van der Waals surface area contributed by atoms with Gasteiger partial charge in [0.25, 0.3) is 5.91 Å². The zero-order valence-electron chi connectivity index (χ0n) is 19.6. The molecule has 0 radical (unpaired) electrons. The van der Waals surface area contributed by atoms with Gasteiger partial charge in [-0.3, -0.25) is 4.79 Å². The first-order chi connectivity index (χ1) is 17.0. The van der Waals surface area contributed by atoms with Crippen LogP contribution in [0.5, 0.6) is 5.75 Å². The van der Waals surface area contributed by atoms with Crippen LogP contribution in [0.15, 0.2) is 28.7 Å². The summed E-state index contributed by atoms with van der Waals surface area (Å²) in [6.07, 6.45) is -4.62. The molecule has 192 valence electrons. The summed E-state index contributed by atoms with van der Waals surface area (Å²) in [5.74, 6) is -0.286. The third-order valence-corrected chi connectivity index (χ3v) is 5.75. The van der Waals surface area contributed by atoms with Crippen LogP contribution in [0, 0.1) is 0 Å². The molecule has 1 saturated carbocycles. The number of halogens is 3. The number of alkyl halides is 3. The predicted octanol–water partition coefficient (Wildman–Crippen LogP) is 3.55. The van der Waals surface area contributed by atoms with Crippen LogP contribution in [-0.4, -0.2) is 48.3 Å². The Morgan fingerprint density at radius 1 is 1.19 bits per heavy atom. The number of rotatable bonds is 6. The highest BCUT2D eigenvalue weighted by Crippen LogP contribution is 2.37. The first-order valence-electron chi connectivity index (χ1n) is 11.0. The molecule has 1 aliphatic carbocycles. The third kappa shape index (κ3) is 4.91. The number of alkyl carbamates (subject to hydrolysis) is 1. The number of nitrogens with two attached hydrogens (primary N) is 1. The van der Waals surface area contributed by atoms with E-state index in [0.29, 0.717) is 23.8 Å². The second-order valence-electron chi connectivity index (χ2n) is 8.35. The Morgan fingerprint density at radius 3 is 2.53 bits per heavy atom. The van der Waals surface area contributed by atoms with Crippen LogP contribution in [0.3, 0.4) is 0 Å². The van der Waals surface area contributed by atoms with E-state index in [-0.39, 0.29) is 40.8 Å². The molecule has 1 aliphatic rings. The summed E-state index contributed by atoms with van der Waals surface area (Å²) in [5.41, 5.74) is 5.17. The molecular weight excluding hydrogens is 483 g/mol.